The molecule has 1 amide bonds. The van der Waals surface area contributed by atoms with E-state index in [1.165, 1.54) is 35.2 Å². The minimum atomic E-state index is -0.254. The third-order valence-corrected chi connectivity index (χ3v) is 5.59. The summed E-state index contributed by atoms with van der Waals surface area (Å²) in [6.45, 7) is 2.30. The Balaban J connectivity index is 1.40. The van der Waals surface area contributed by atoms with Crippen molar-refractivity contribution >= 4 is 34.1 Å². The zero-order chi connectivity index (χ0) is 19.1. The van der Waals surface area contributed by atoms with Crippen LogP contribution in [0, 0.1) is 12.7 Å². The van der Waals surface area contributed by atoms with E-state index in [0.29, 0.717) is 17.5 Å². The second kappa shape index (κ2) is 9.48. The maximum absolute atomic E-state index is 12.9. The van der Waals surface area contributed by atoms with Crippen LogP contribution in [0.3, 0.4) is 0 Å². The number of amides is 1. The van der Waals surface area contributed by atoms with E-state index in [-0.39, 0.29) is 18.1 Å². The van der Waals surface area contributed by atoms with Gasteiger partial charge in [0.05, 0.1) is 13.0 Å². The molecular weight excluding hydrogens is 385 g/mol. The number of benzene rings is 2. The average Bonchev–Trinajstić information content (AvgIpc) is 3.10. The van der Waals surface area contributed by atoms with Gasteiger partial charge in [0.25, 0.3) is 0 Å². The topological polar surface area (TPSA) is 64.1 Å². The van der Waals surface area contributed by atoms with Crippen molar-refractivity contribution in [1.29, 1.82) is 0 Å². The van der Waals surface area contributed by atoms with E-state index in [9.17, 15) is 9.18 Å². The fourth-order valence-corrected chi connectivity index (χ4v) is 3.85. The summed E-state index contributed by atoms with van der Waals surface area (Å²) in [5.41, 5.74) is 2.15. The van der Waals surface area contributed by atoms with E-state index in [2.05, 4.69) is 15.5 Å². The molecule has 1 heterocycles. The number of anilines is 1. The number of aromatic nitrogens is 2. The smallest absolute Gasteiger partial charge is 0.229 e. The van der Waals surface area contributed by atoms with Crippen LogP contribution in [0.5, 0.6) is 5.75 Å². The molecule has 0 saturated heterocycles. The molecule has 0 aliphatic carbocycles. The van der Waals surface area contributed by atoms with Crippen LogP contribution in [-0.4, -0.2) is 22.7 Å². The van der Waals surface area contributed by atoms with E-state index in [4.69, 9.17) is 4.74 Å². The summed E-state index contributed by atoms with van der Waals surface area (Å²) in [6, 6.07) is 14.0. The van der Waals surface area contributed by atoms with Gasteiger partial charge in [-0.1, -0.05) is 52.9 Å². The lowest BCUT2D eigenvalue weighted by molar-refractivity contribution is -0.116. The van der Waals surface area contributed by atoms with Crippen molar-refractivity contribution in [3.05, 3.63) is 65.5 Å². The number of carbonyl (C=O) groups is 1. The van der Waals surface area contributed by atoms with Gasteiger partial charge in [0, 0.05) is 5.75 Å². The number of hydrogen-bond acceptors (Lipinski definition) is 6. The van der Waals surface area contributed by atoms with E-state index in [0.717, 1.165) is 21.2 Å². The summed E-state index contributed by atoms with van der Waals surface area (Å²) < 4.78 is 19.2. The number of rotatable bonds is 8. The van der Waals surface area contributed by atoms with Crippen molar-refractivity contribution in [2.45, 2.75) is 23.4 Å². The number of halogens is 1. The molecule has 3 rings (SSSR count). The molecule has 8 heteroatoms. The molecule has 3 aromatic rings. The lowest BCUT2D eigenvalue weighted by Gasteiger charge is -2.06. The van der Waals surface area contributed by atoms with Crippen molar-refractivity contribution < 1.29 is 13.9 Å². The Bertz CT molecular complexity index is 883. The maximum atomic E-state index is 12.9. The molecule has 0 aliphatic rings. The summed E-state index contributed by atoms with van der Waals surface area (Å²) >= 11 is 2.80. The van der Waals surface area contributed by atoms with Gasteiger partial charge >= 0.3 is 0 Å². The zero-order valence-corrected chi connectivity index (χ0v) is 16.3. The third-order valence-electron chi connectivity index (χ3n) is 3.55. The fraction of sp³-hybridized carbons (Fsp3) is 0.211. The molecule has 27 heavy (non-hydrogen) atoms. The van der Waals surface area contributed by atoms with Crippen LogP contribution >= 0.6 is 23.1 Å². The molecule has 0 fully saturated rings. The molecule has 0 saturated carbocycles. The lowest BCUT2D eigenvalue weighted by Crippen LogP contribution is -2.15. The summed E-state index contributed by atoms with van der Waals surface area (Å²) in [7, 11) is 0. The summed E-state index contributed by atoms with van der Waals surface area (Å²) in [5, 5.41) is 11.2. The zero-order valence-electron chi connectivity index (χ0n) is 14.6. The van der Waals surface area contributed by atoms with Gasteiger partial charge in [-0.15, -0.1) is 10.2 Å². The standard InChI is InChI=1S/C19H18FN3O2S2/c1-13-2-8-16(9-3-13)25-11-10-17(24)21-18-22-23-19(27-18)26-12-14-4-6-15(20)7-5-14/h2-9H,10-12H2,1H3,(H,21,22,24). The molecule has 1 aromatic heterocycles. The molecule has 0 aliphatic heterocycles. The van der Waals surface area contributed by atoms with E-state index < -0.39 is 0 Å². The van der Waals surface area contributed by atoms with Crippen LogP contribution in [0.25, 0.3) is 0 Å². The fourth-order valence-electron chi connectivity index (χ4n) is 2.12. The Kier molecular flexibility index (Phi) is 6.78. The van der Waals surface area contributed by atoms with Crippen LogP contribution < -0.4 is 10.1 Å². The monoisotopic (exact) mass is 403 g/mol. The van der Waals surface area contributed by atoms with Gasteiger partial charge in [-0.2, -0.15) is 0 Å². The van der Waals surface area contributed by atoms with Crippen LogP contribution in [0.15, 0.2) is 52.9 Å². The number of carbonyl (C=O) groups excluding carboxylic acids is 1. The van der Waals surface area contributed by atoms with Crippen molar-refractivity contribution in [2.75, 3.05) is 11.9 Å². The highest BCUT2D eigenvalue weighted by molar-refractivity contribution is 8.00. The Hall–Kier alpha value is -2.45. The molecule has 5 nitrogen and oxygen atoms in total. The first-order chi connectivity index (χ1) is 13.1. The van der Waals surface area contributed by atoms with Crippen LogP contribution in [0.1, 0.15) is 17.5 Å². The lowest BCUT2D eigenvalue weighted by atomic mass is 10.2. The third kappa shape index (κ3) is 6.33. The number of ether oxygens (including phenoxy) is 1. The highest BCUT2D eigenvalue weighted by Gasteiger charge is 2.09. The van der Waals surface area contributed by atoms with Gasteiger partial charge in [0.15, 0.2) is 4.34 Å². The van der Waals surface area contributed by atoms with Crippen LogP contribution in [0.2, 0.25) is 0 Å². The molecule has 0 atom stereocenters. The molecular formula is C19H18FN3O2S2. The molecule has 2 aromatic carbocycles. The Labute approximate surface area is 165 Å². The van der Waals surface area contributed by atoms with Gasteiger partial charge in [-0.3, -0.25) is 4.79 Å². The van der Waals surface area contributed by atoms with E-state index >= 15 is 0 Å². The highest BCUT2D eigenvalue weighted by atomic mass is 32.2. The largest absolute Gasteiger partial charge is 0.493 e. The quantitative estimate of drug-likeness (QED) is 0.437. The molecule has 0 radical (unpaired) electrons. The number of nitrogens with zero attached hydrogens (tertiary/aromatic N) is 2. The van der Waals surface area contributed by atoms with Crippen molar-refractivity contribution in [3.63, 3.8) is 0 Å². The second-order valence-corrected chi connectivity index (χ2v) is 7.95. The number of aryl methyl sites for hydroxylation is 1. The van der Waals surface area contributed by atoms with Gasteiger partial charge < -0.3 is 10.1 Å². The SMILES string of the molecule is Cc1ccc(OCCC(=O)Nc2nnc(SCc3ccc(F)cc3)s2)cc1. The molecule has 0 unspecified atom stereocenters. The number of nitrogens with one attached hydrogen (secondary N) is 1. The molecule has 140 valence electrons. The maximum Gasteiger partial charge on any atom is 0.229 e. The Morgan fingerprint density at radius 1 is 1.15 bits per heavy atom. The van der Waals surface area contributed by atoms with E-state index in [1.807, 2.05) is 31.2 Å². The van der Waals surface area contributed by atoms with Crippen molar-refractivity contribution in [1.82, 2.24) is 10.2 Å². The first-order valence-electron chi connectivity index (χ1n) is 8.28. The first kappa shape index (κ1) is 19.3. The Morgan fingerprint density at radius 2 is 1.89 bits per heavy atom. The summed E-state index contributed by atoms with van der Waals surface area (Å²) in [6.07, 6.45) is 0.228. The molecule has 1 N–H and O–H groups in total. The normalized spacial score (nSPS) is 10.6. The van der Waals surface area contributed by atoms with Gasteiger partial charge in [0.1, 0.15) is 11.6 Å². The average molecular weight is 404 g/mol. The minimum Gasteiger partial charge on any atom is -0.493 e. The molecule has 0 spiro atoms. The van der Waals surface area contributed by atoms with Crippen LogP contribution in [-0.2, 0) is 10.5 Å². The molecule has 0 bridgehead atoms. The van der Waals surface area contributed by atoms with Crippen molar-refractivity contribution in [2.24, 2.45) is 0 Å². The van der Waals surface area contributed by atoms with Gasteiger partial charge in [-0.25, -0.2) is 4.39 Å². The minimum absolute atomic E-state index is 0.173. The van der Waals surface area contributed by atoms with Gasteiger partial charge in [-0.05, 0) is 36.8 Å². The second-order valence-electron chi connectivity index (χ2n) is 5.75. The van der Waals surface area contributed by atoms with Crippen LogP contribution in [0.4, 0.5) is 9.52 Å². The summed E-state index contributed by atoms with van der Waals surface area (Å²) in [5.74, 6) is 0.973. The Morgan fingerprint density at radius 3 is 2.63 bits per heavy atom. The summed E-state index contributed by atoms with van der Waals surface area (Å²) in [4.78, 5) is 12.0. The van der Waals surface area contributed by atoms with Crippen molar-refractivity contribution in [3.8, 4) is 5.75 Å². The highest BCUT2D eigenvalue weighted by Crippen LogP contribution is 2.28. The predicted molar refractivity (Wildman–Crippen MR) is 106 cm³/mol. The van der Waals surface area contributed by atoms with E-state index in [1.54, 1.807) is 12.1 Å². The first-order valence-corrected chi connectivity index (χ1v) is 10.1. The predicted octanol–water partition coefficient (Wildman–Crippen LogP) is 4.69. The van der Waals surface area contributed by atoms with Gasteiger partial charge in [0.2, 0.25) is 11.0 Å². The number of hydrogen-bond donors (Lipinski definition) is 1. The number of thioether (sulfide) groups is 1.